The third-order valence-corrected chi connectivity index (χ3v) is 4.74. The first-order valence-corrected chi connectivity index (χ1v) is 10.1. The van der Waals surface area contributed by atoms with Crippen molar-refractivity contribution < 1.29 is 24.2 Å². The zero-order valence-corrected chi connectivity index (χ0v) is 17.9. The number of benzene rings is 2. The molecule has 0 heterocycles. The maximum Gasteiger partial charge on any atom is 0.328 e. The van der Waals surface area contributed by atoms with Crippen LogP contribution in [0.5, 0.6) is 11.5 Å². The van der Waals surface area contributed by atoms with Gasteiger partial charge in [-0.25, -0.2) is 4.79 Å². The molecular formula is C22H27ClN2O5. The number of hydrogen-bond donors (Lipinski definition) is 3. The lowest BCUT2D eigenvalue weighted by Gasteiger charge is -2.18. The van der Waals surface area contributed by atoms with Gasteiger partial charge in [-0.3, -0.25) is 4.79 Å². The van der Waals surface area contributed by atoms with Crippen LogP contribution < -0.4 is 15.4 Å². The summed E-state index contributed by atoms with van der Waals surface area (Å²) in [5.41, 5.74) is 0.807. The van der Waals surface area contributed by atoms with Crippen LogP contribution in [-0.2, 0) is 16.0 Å². The minimum absolute atomic E-state index is 0.0514. The Morgan fingerprint density at radius 3 is 2.57 bits per heavy atom. The van der Waals surface area contributed by atoms with Crippen molar-refractivity contribution in [2.45, 2.75) is 25.3 Å². The molecule has 1 amide bonds. The van der Waals surface area contributed by atoms with Crippen molar-refractivity contribution >= 4 is 23.5 Å². The molecule has 1 atom stereocenters. The molecule has 8 heteroatoms. The van der Waals surface area contributed by atoms with Crippen molar-refractivity contribution in [1.82, 2.24) is 10.6 Å². The molecule has 7 nitrogen and oxygen atoms in total. The molecule has 2 rings (SSSR count). The molecule has 0 aliphatic carbocycles. The minimum atomic E-state index is -0.911. The number of amides is 1. The quantitative estimate of drug-likeness (QED) is 0.371. The number of nitrogens with one attached hydrogen (secondary N) is 2. The van der Waals surface area contributed by atoms with E-state index in [0.717, 1.165) is 24.9 Å². The molecule has 2 aromatic rings. The van der Waals surface area contributed by atoms with E-state index >= 15 is 0 Å². The Morgan fingerprint density at radius 1 is 1.17 bits per heavy atom. The molecule has 0 spiro atoms. The van der Waals surface area contributed by atoms with Gasteiger partial charge in [-0.2, -0.15) is 0 Å². The summed E-state index contributed by atoms with van der Waals surface area (Å²) in [5.74, 6) is -1.21. The number of ether oxygens (including phenoxy) is 2. The maximum atomic E-state index is 12.7. The molecule has 0 fully saturated rings. The van der Waals surface area contributed by atoms with Gasteiger partial charge in [0.05, 0.1) is 24.3 Å². The number of hydrogen-bond acceptors (Lipinski definition) is 6. The molecule has 0 radical (unpaired) electrons. The number of halogens is 1. The van der Waals surface area contributed by atoms with Crippen molar-refractivity contribution in [2.75, 3.05) is 27.3 Å². The Kier molecular flexibility index (Phi) is 9.44. The van der Waals surface area contributed by atoms with Gasteiger partial charge >= 0.3 is 5.97 Å². The van der Waals surface area contributed by atoms with E-state index in [1.54, 1.807) is 0 Å². The maximum absolute atomic E-state index is 12.7. The summed E-state index contributed by atoms with van der Waals surface area (Å²) in [4.78, 5) is 24.8. The van der Waals surface area contributed by atoms with Crippen LogP contribution in [0.3, 0.4) is 0 Å². The van der Waals surface area contributed by atoms with Crippen molar-refractivity contribution in [3.8, 4) is 11.5 Å². The summed E-state index contributed by atoms with van der Waals surface area (Å²) in [6, 6.07) is 11.0. The van der Waals surface area contributed by atoms with Gasteiger partial charge in [-0.15, -0.1) is 0 Å². The first kappa shape index (κ1) is 23.5. The monoisotopic (exact) mass is 434 g/mol. The number of aromatic hydroxyl groups is 1. The lowest BCUT2D eigenvalue weighted by Crippen LogP contribution is -2.43. The number of rotatable bonds is 11. The zero-order valence-electron chi connectivity index (χ0n) is 17.1. The second-order valence-corrected chi connectivity index (χ2v) is 7.11. The van der Waals surface area contributed by atoms with Crippen LogP contribution in [-0.4, -0.2) is 50.3 Å². The molecule has 0 aliphatic heterocycles. The van der Waals surface area contributed by atoms with E-state index in [-0.39, 0.29) is 22.8 Å². The molecule has 2 aromatic carbocycles. The first-order valence-electron chi connectivity index (χ1n) is 9.68. The van der Waals surface area contributed by atoms with Crippen molar-refractivity contribution in [3.63, 3.8) is 0 Å². The predicted molar refractivity (Wildman–Crippen MR) is 115 cm³/mol. The average Bonchev–Trinajstić information content (AvgIpc) is 2.75. The summed E-state index contributed by atoms with van der Waals surface area (Å²) < 4.78 is 10.4. The van der Waals surface area contributed by atoms with Crippen molar-refractivity contribution in [3.05, 3.63) is 58.6 Å². The molecule has 0 bridgehead atoms. The van der Waals surface area contributed by atoms with Gasteiger partial charge in [0.25, 0.3) is 5.91 Å². The van der Waals surface area contributed by atoms with Crippen LogP contribution in [0.4, 0.5) is 0 Å². The van der Waals surface area contributed by atoms with Crippen molar-refractivity contribution in [1.29, 1.82) is 0 Å². The Hall–Kier alpha value is -2.77. The molecule has 162 valence electrons. The van der Waals surface area contributed by atoms with Crippen LogP contribution in [0.25, 0.3) is 0 Å². The van der Waals surface area contributed by atoms with E-state index < -0.39 is 17.9 Å². The lowest BCUT2D eigenvalue weighted by atomic mass is 10.1. The van der Waals surface area contributed by atoms with Crippen LogP contribution in [0.15, 0.2) is 42.5 Å². The molecule has 0 saturated heterocycles. The number of unbranched alkanes of at least 4 members (excludes halogenated alkanes) is 1. The van der Waals surface area contributed by atoms with Gasteiger partial charge in [0.2, 0.25) is 0 Å². The molecule has 0 aromatic heterocycles. The van der Waals surface area contributed by atoms with E-state index in [2.05, 4.69) is 10.6 Å². The molecular weight excluding hydrogens is 408 g/mol. The van der Waals surface area contributed by atoms with E-state index in [9.17, 15) is 14.7 Å². The van der Waals surface area contributed by atoms with Crippen LogP contribution in [0.1, 0.15) is 28.8 Å². The topological polar surface area (TPSA) is 96.9 Å². The Morgan fingerprint density at radius 2 is 1.90 bits per heavy atom. The van der Waals surface area contributed by atoms with Gasteiger partial charge in [-0.1, -0.05) is 41.9 Å². The summed E-state index contributed by atoms with van der Waals surface area (Å²) in [6.07, 6.45) is 2.01. The standard InChI is InChI=1S/C22H27ClN2O5/c1-24-10-6-7-11-30-20-14-19(26)16(13-17(20)23)21(27)25-18(22(28)29-2)12-15-8-4-3-5-9-15/h3-5,8-9,13-14,18,24,26H,6-7,10-12H2,1-2H3,(H,25,27)/t18-/m0/s1. The fourth-order valence-electron chi connectivity index (χ4n) is 2.84. The van der Waals surface area contributed by atoms with Gasteiger partial charge < -0.3 is 25.2 Å². The average molecular weight is 435 g/mol. The largest absolute Gasteiger partial charge is 0.507 e. The van der Waals surface area contributed by atoms with Gasteiger partial charge in [0.15, 0.2) is 0 Å². The fourth-order valence-corrected chi connectivity index (χ4v) is 3.06. The number of phenolic OH excluding ortho intramolecular Hbond substituents is 1. The van der Waals surface area contributed by atoms with E-state index in [1.807, 2.05) is 37.4 Å². The number of methoxy groups -OCH3 is 1. The number of carbonyl (C=O) groups is 2. The van der Waals surface area contributed by atoms with Crippen LogP contribution in [0.2, 0.25) is 5.02 Å². The summed E-state index contributed by atoms with van der Waals surface area (Å²) in [5, 5.41) is 16.2. The Labute approximate surface area is 181 Å². The van der Waals surface area contributed by atoms with Gasteiger partial charge in [-0.05, 0) is 38.1 Å². The minimum Gasteiger partial charge on any atom is -0.507 e. The second-order valence-electron chi connectivity index (χ2n) is 6.70. The Bertz CT molecular complexity index is 845. The fraction of sp³-hybridized carbons (Fsp3) is 0.364. The highest BCUT2D eigenvalue weighted by Gasteiger charge is 2.24. The molecule has 3 N–H and O–H groups in total. The molecule has 0 aliphatic rings. The smallest absolute Gasteiger partial charge is 0.328 e. The third-order valence-electron chi connectivity index (χ3n) is 4.45. The summed E-state index contributed by atoms with van der Waals surface area (Å²) >= 11 is 6.22. The summed E-state index contributed by atoms with van der Waals surface area (Å²) in [7, 11) is 3.13. The Balaban J connectivity index is 2.08. The normalized spacial score (nSPS) is 11.6. The van der Waals surface area contributed by atoms with Gasteiger partial charge in [0, 0.05) is 12.5 Å². The summed E-state index contributed by atoms with van der Waals surface area (Å²) in [6.45, 7) is 1.32. The molecule has 0 saturated carbocycles. The molecule has 0 unspecified atom stereocenters. The third kappa shape index (κ3) is 6.93. The highest BCUT2D eigenvalue weighted by molar-refractivity contribution is 6.32. The van der Waals surface area contributed by atoms with E-state index in [0.29, 0.717) is 12.4 Å². The second kappa shape index (κ2) is 12.0. The highest BCUT2D eigenvalue weighted by Crippen LogP contribution is 2.32. The van der Waals surface area contributed by atoms with E-state index in [4.69, 9.17) is 21.1 Å². The molecule has 30 heavy (non-hydrogen) atoms. The lowest BCUT2D eigenvalue weighted by molar-refractivity contribution is -0.142. The predicted octanol–water partition coefficient (Wildman–Crippen LogP) is 2.94. The van der Waals surface area contributed by atoms with Crippen molar-refractivity contribution in [2.24, 2.45) is 0 Å². The highest BCUT2D eigenvalue weighted by atomic mass is 35.5. The van der Waals surface area contributed by atoms with Gasteiger partial charge in [0.1, 0.15) is 17.5 Å². The van der Waals surface area contributed by atoms with E-state index in [1.165, 1.54) is 19.2 Å². The van der Waals surface area contributed by atoms with Crippen LogP contribution in [0, 0.1) is 0 Å². The first-order chi connectivity index (χ1) is 14.5. The number of esters is 1. The van der Waals surface area contributed by atoms with Crippen LogP contribution >= 0.6 is 11.6 Å². The number of carbonyl (C=O) groups excluding carboxylic acids is 2. The zero-order chi connectivity index (χ0) is 21.9. The number of phenols is 1. The SMILES string of the molecule is CNCCCCOc1cc(O)c(C(=O)N[C@@H](Cc2ccccc2)C(=O)OC)cc1Cl.